The van der Waals surface area contributed by atoms with Crippen LogP contribution < -0.4 is 0 Å². The summed E-state index contributed by atoms with van der Waals surface area (Å²) in [4.78, 5) is 10.9. The Balaban J connectivity index is 2.59. The van der Waals surface area contributed by atoms with E-state index in [1.54, 1.807) is 0 Å². The molecule has 2 aromatic rings. The van der Waals surface area contributed by atoms with E-state index >= 15 is 0 Å². The van der Waals surface area contributed by atoms with Gasteiger partial charge in [0.05, 0.1) is 4.92 Å². The Labute approximate surface area is 215 Å². The van der Waals surface area contributed by atoms with Gasteiger partial charge in [0.25, 0.3) is 5.69 Å². The third-order valence-corrected chi connectivity index (χ3v) is 7.05. The summed E-state index contributed by atoms with van der Waals surface area (Å²) in [6.45, 7) is 13.1. The van der Waals surface area contributed by atoms with Gasteiger partial charge in [-0.3, -0.25) is 10.1 Å². The van der Waals surface area contributed by atoms with E-state index in [4.69, 9.17) is 11.6 Å². The third-order valence-electron chi connectivity index (χ3n) is 6.81. The van der Waals surface area contributed by atoms with Crippen molar-refractivity contribution in [3.8, 4) is 5.75 Å². The van der Waals surface area contributed by atoms with Crippen LogP contribution in [-0.2, 0) is 10.8 Å². The lowest BCUT2D eigenvalue weighted by Gasteiger charge is -2.31. The minimum absolute atomic E-state index is 0.0833. The third kappa shape index (κ3) is 7.76. The van der Waals surface area contributed by atoms with E-state index in [1.165, 1.54) is 24.6 Å². The lowest BCUT2D eigenvalue weighted by Crippen LogP contribution is -2.21. The normalized spacial score (nSPS) is 12.4. The summed E-state index contributed by atoms with van der Waals surface area (Å²) in [6.07, 6.45) is 8.73. The Bertz CT molecular complexity index is 1050. The summed E-state index contributed by atoms with van der Waals surface area (Å²) >= 11 is 5.93. The van der Waals surface area contributed by atoms with Gasteiger partial charge in [-0.1, -0.05) is 97.7 Å². The second kappa shape index (κ2) is 12.5. The number of azo groups is 1. The number of halogens is 1. The van der Waals surface area contributed by atoms with Crippen LogP contribution in [0, 0.1) is 10.1 Å². The highest BCUT2D eigenvalue weighted by Crippen LogP contribution is 2.45. The van der Waals surface area contributed by atoms with Crippen molar-refractivity contribution in [1.82, 2.24) is 0 Å². The van der Waals surface area contributed by atoms with Gasteiger partial charge in [-0.15, -0.1) is 10.2 Å². The number of nitrogens with zero attached hydrogens (tertiary/aromatic N) is 3. The first-order chi connectivity index (χ1) is 16.4. The van der Waals surface area contributed by atoms with Crippen LogP contribution in [-0.4, -0.2) is 10.0 Å². The van der Waals surface area contributed by atoms with Crippen molar-refractivity contribution in [3.63, 3.8) is 0 Å². The monoisotopic (exact) mass is 501 g/mol. The highest BCUT2D eigenvalue weighted by Gasteiger charge is 2.29. The number of hydrogen-bond donors (Lipinski definition) is 1. The maximum Gasteiger partial charge on any atom is 0.298 e. The fraction of sp³-hybridized carbons (Fsp3) is 0.571. The molecule has 2 rings (SSSR count). The van der Waals surface area contributed by atoms with Crippen LogP contribution in [0.4, 0.5) is 17.1 Å². The van der Waals surface area contributed by atoms with Gasteiger partial charge in [-0.05, 0) is 47.4 Å². The smallest absolute Gasteiger partial charge is 0.298 e. The summed E-state index contributed by atoms with van der Waals surface area (Å²) in [5.74, 6) is 0.0833. The maximum atomic E-state index is 11.5. The van der Waals surface area contributed by atoms with E-state index in [2.05, 4.69) is 57.8 Å². The van der Waals surface area contributed by atoms with Crippen LogP contribution in [0.25, 0.3) is 0 Å². The molecular weight excluding hydrogens is 462 g/mol. The Morgan fingerprint density at radius 1 is 0.886 bits per heavy atom. The largest absolute Gasteiger partial charge is 0.505 e. The van der Waals surface area contributed by atoms with Crippen molar-refractivity contribution in [2.75, 3.05) is 0 Å². The summed E-state index contributed by atoms with van der Waals surface area (Å²) < 4.78 is 0. The quantitative estimate of drug-likeness (QED) is 0.128. The van der Waals surface area contributed by atoms with Gasteiger partial charge in [0, 0.05) is 16.7 Å². The molecule has 0 radical (unpaired) electrons. The van der Waals surface area contributed by atoms with E-state index in [9.17, 15) is 15.2 Å². The molecule has 2 aromatic carbocycles. The van der Waals surface area contributed by atoms with Crippen molar-refractivity contribution in [2.45, 2.75) is 104 Å². The van der Waals surface area contributed by atoms with Crippen molar-refractivity contribution in [1.29, 1.82) is 0 Å². The van der Waals surface area contributed by atoms with Crippen molar-refractivity contribution >= 4 is 28.7 Å². The van der Waals surface area contributed by atoms with Gasteiger partial charge in [0.15, 0.2) is 5.69 Å². The van der Waals surface area contributed by atoms with Crippen LogP contribution in [0.15, 0.2) is 40.6 Å². The predicted octanol–water partition coefficient (Wildman–Crippen LogP) is 10.1. The van der Waals surface area contributed by atoms with Crippen LogP contribution in [0.3, 0.4) is 0 Å². The molecule has 0 atom stereocenters. The van der Waals surface area contributed by atoms with Crippen LogP contribution in [0.2, 0.25) is 5.02 Å². The number of unbranched alkanes of at least 4 members (excludes halogenated alkanes) is 4. The number of rotatable bonds is 13. The minimum Gasteiger partial charge on any atom is -0.505 e. The van der Waals surface area contributed by atoms with E-state index < -0.39 is 4.92 Å². The summed E-state index contributed by atoms with van der Waals surface area (Å²) in [7, 11) is 0. The number of phenolic OH excluding ortho intramolecular Hbond substituents is 1. The Kier molecular flexibility index (Phi) is 10.3. The fourth-order valence-corrected chi connectivity index (χ4v) is 4.52. The fourth-order valence-electron chi connectivity index (χ4n) is 4.35. The van der Waals surface area contributed by atoms with Gasteiger partial charge >= 0.3 is 0 Å². The van der Waals surface area contributed by atoms with Crippen molar-refractivity contribution < 1.29 is 10.0 Å². The molecule has 0 heterocycles. The van der Waals surface area contributed by atoms with Gasteiger partial charge < -0.3 is 5.11 Å². The molecule has 35 heavy (non-hydrogen) atoms. The molecule has 0 bridgehead atoms. The maximum absolute atomic E-state index is 11.5. The van der Waals surface area contributed by atoms with Crippen molar-refractivity contribution in [2.24, 2.45) is 10.2 Å². The highest BCUT2D eigenvalue weighted by molar-refractivity contribution is 6.30. The molecule has 0 saturated carbocycles. The average Bonchev–Trinajstić information content (AvgIpc) is 2.78. The summed E-state index contributed by atoms with van der Waals surface area (Å²) in [5.41, 5.74) is 1.75. The van der Waals surface area contributed by atoms with E-state index in [1.807, 2.05) is 6.07 Å². The summed E-state index contributed by atoms with van der Waals surface area (Å²) in [5, 5.41) is 31.5. The van der Waals surface area contributed by atoms with Crippen molar-refractivity contribution in [3.05, 3.63) is 56.6 Å². The van der Waals surface area contributed by atoms with Crippen LogP contribution in [0.5, 0.6) is 5.75 Å². The molecule has 1 N–H and O–H groups in total. The molecule has 0 fully saturated rings. The Morgan fingerprint density at radius 2 is 1.46 bits per heavy atom. The number of phenols is 1. The van der Waals surface area contributed by atoms with Crippen LogP contribution >= 0.6 is 11.6 Å². The zero-order valence-corrected chi connectivity index (χ0v) is 22.8. The second-order valence-electron chi connectivity index (χ2n) is 10.7. The molecule has 0 aliphatic carbocycles. The minimum atomic E-state index is -0.532. The number of aromatic hydroxyl groups is 1. The van der Waals surface area contributed by atoms with Gasteiger partial charge in [-0.25, -0.2) is 0 Å². The van der Waals surface area contributed by atoms with Gasteiger partial charge in [-0.2, -0.15) is 0 Å². The van der Waals surface area contributed by atoms with E-state index in [0.29, 0.717) is 5.69 Å². The predicted molar refractivity (Wildman–Crippen MR) is 145 cm³/mol. The van der Waals surface area contributed by atoms with E-state index in [0.717, 1.165) is 56.1 Å². The summed E-state index contributed by atoms with van der Waals surface area (Å²) in [6, 6.07) is 8.26. The zero-order valence-electron chi connectivity index (χ0n) is 22.0. The first-order valence-corrected chi connectivity index (χ1v) is 13.0. The molecule has 0 aliphatic heterocycles. The second-order valence-corrected chi connectivity index (χ2v) is 11.1. The molecule has 0 saturated heterocycles. The van der Waals surface area contributed by atoms with Gasteiger partial charge in [0.2, 0.25) is 0 Å². The average molecular weight is 502 g/mol. The first kappa shape index (κ1) is 28.8. The molecule has 0 aromatic heterocycles. The number of benzene rings is 2. The molecule has 0 aliphatic rings. The molecule has 0 spiro atoms. The lowest BCUT2D eigenvalue weighted by molar-refractivity contribution is -0.384. The Morgan fingerprint density at radius 3 is 2.03 bits per heavy atom. The molecule has 0 unspecified atom stereocenters. The topological polar surface area (TPSA) is 88.1 Å². The number of nitro benzene ring substituents is 1. The molecule has 0 amide bonds. The van der Waals surface area contributed by atoms with Crippen LogP contribution in [0.1, 0.15) is 104 Å². The number of hydrogen-bond acceptors (Lipinski definition) is 5. The highest BCUT2D eigenvalue weighted by atomic mass is 35.5. The molecule has 192 valence electrons. The number of nitro groups is 1. The SMILES string of the molecule is CCCCCC(C)(C)c1cc(N=Nc2ccc(Cl)cc2[N+](=O)[O-])c(O)c(C(C)(C)CCCCC)c1. The van der Waals surface area contributed by atoms with E-state index in [-0.39, 0.29) is 33.0 Å². The standard InChI is InChI=1S/C28H40ClN3O3/c1-7-9-11-15-27(3,4)20-17-22(28(5,6)16-12-10-8-2)26(33)24(18-20)31-30-23-14-13-21(29)19-25(23)32(34)35/h13-14,17-19,33H,7-12,15-16H2,1-6H3. The Hall–Kier alpha value is -2.47. The molecular formula is C28H40ClN3O3. The van der Waals surface area contributed by atoms with Gasteiger partial charge in [0.1, 0.15) is 11.4 Å². The lowest BCUT2D eigenvalue weighted by atomic mass is 9.74. The zero-order chi connectivity index (χ0) is 26.2. The molecule has 7 heteroatoms. The first-order valence-electron chi connectivity index (χ1n) is 12.7. The molecule has 6 nitrogen and oxygen atoms in total.